The lowest BCUT2D eigenvalue weighted by Crippen LogP contribution is -2.45. The van der Waals surface area contributed by atoms with E-state index < -0.39 is 11.7 Å². The summed E-state index contributed by atoms with van der Waals surface area (Å²) in [6.07, 6.45) is -0.957. The number of nitrogens with zero attached hydrogens (tertiary/aromatic N) is 2. The van der Waals surface area contributed by atoms with Crippen LogP contribution in [0.25, 0.3) is 0 Å². The van der Waals surface area contributed by atoms with E-state index in [2.05, 4.69) is 10.2 Å². The predicted octanol–water partition coefficient (Wildman–Crippen LogP) is 4.34. The van der Waals surface area contributed by atoms with Crippen LogP contribution >= 0.6 is 0 Å². The first-order chi connectivity index (χ1) is 15.3. The van der Waals surface area contributed by atoms with Gasteiger partial charge >= 0.3 is 6.18 Å². The van der Waals surface area contributed by atoms with E-state index in [-0.39, 0.29) is 23.4 Å². The van der Waals surface area contributed by atoms with E-state index in [9.17, 15) is 22.8 Å². The monoisotopic (exact) mass is 445 g/mol. The van der Waals surface area contributed by atoms with E-state index >= 15 is 0 Å². The second kappa shape index (κ2) is 9.22. The van der Waals surface area contributed by atoms with Gasteiger partial charge in [0, 0.05) is 43.5 Å². The number of para-hydroxylation sites is 1. The van der Waals surface area contributed by atoms with E-state index in [0.29, 0.717) is 31.5 Å². The van der Waals surface area contributed by atoms with Crippen molar-refractivity contribution in [3.8, 4) is 0 Å². The molecule has 0 aromatic heterocycles. The van der Waals surface area contributed by atoms with Gasteiger partial charge in [-0.15, -0.1) is 0 Å². The normalized spacial score (nSPS) is 17.5. The lowest BCUT2D eigenvalue weighted by molar-refractivity contribution is -0.137. The number of alkyl halides is 3. The zero-order valence-electron chi connectivity index (χ0n) is 17.7. The highest BCUT2D eigenvalue weighted by molar-refractivity contribution is 6.00. The Morgan fingerprint density at radius 1 is 0.875 bits per heavy atom. The van der Waals surface area contributed by atoms with Crippen molar-refractivity contribution in [2.45, 2.75) is 37.9 Å². The smallest absolute Gasteiger partial charge is 0.371 e. The Morgan fingerprint density at radius 2 is 1.50 bits per heavy atom. The van der Waals surface area contributed by atoms with Crippen molar-refractivity contribution >= 4 is 17.5 Å². The van der Waals surface area contributed by atoms with Crippen LogP contribution in [0.1, 0.15) is 52.0 Å². The van der Waals surface area contributed by atoms with Gasteiger partial charge in [0.25, 0.3) is 11.8 Å². The summed E-state index contributed by atoms with van der Waals surface area (Å²) in [5.41, 5.74) is 1.06. The van der Waals surface area contributed by atoms with Gasteiger partial charge in [0.1, 0.15) is 0 Å². The van der Waals surface area contributed by atoms with Crippen LogP contribution in [0.15, 0.2) is 48.5 Å². The lowest BCUT2D eigenvalue weighted by atomic mass is 10.0. The van der Waals surface area contributed by atoms with Crippen LogP contribution in [0.5, 0.6) is 0 Å². The van der Waals surface area contributed by atoms with Gasteiger partial charge in [-0.3, -0.25) is 9.59 Å². The molecule has 2 saturated heterocycles. The molecule has 4 rings (SSSR count). The first kappa shape index (κ1) is 22.2. The van der Waals surface area contributed by atoms with Gasteiger partial charge in [-0.2, -0.15) is 13.2 Å². The van der Waals surface area contributed by atoms with Crippen molar-refractivity contribution < 1.29 is 22.8 Å². The molecule has 2 aromatic carbocycles. The lowest BCUT2D eigenvalue weighted by Gasteiger charge is -2.35. The van der Waals surface area contributed by atoms with Crippen LogP contribution in [0.4, 0.5) is 18.9 Å². The number of rotatable bonds is 4. The summed E-state index contributed by atoms with van der Waals surface area (Å²) >= 11 is 0. The molecular weight excluding hydrogens is 419 g/mol. The first-order valence-electron chi connectivity index (χ1n) is 10.9. The van der Waals surface area contributed by atoms with Gasteiger partial charge in [-0.1, -0.05) is 12.1 Å². The number of anilines is 1. The van der Waals surface area contributed by atoms with Gasteiger partial charge in [-0.05, 0) is 62.1 Å². The Morgan fingerprint density at radius 3 is 2.12 bits per heavy atom. The fourth-order valence-corrected chi connectivity index (χ4v) is 4.36. The number of halogens is 3. The van der Waals surface area contributed by atoms with Gasteiger partial charge in [0.15, 0.2) is 0 Å². The van der Waals surface area contributed by atoms with Crippen LogP contribution in [-0.4, -0.2) is 48.9 Å². The summed E-state index contributed by atoms with van der Waals surface area (Å²) in [7, 11) is 0. The van der Waals surface area contributed by atoms with Crippen LogP contribution in [0, 0.1) is 0 Å². The van der Waals surface area contributed by atoms with Crippen molar-refractivity contribution in [1.82, 2.24) is 10.2 Å². The molecule has 2 fully saturated rings. The summed E-state index contributed by atoms with van der Waals surface area (Å²) in [6, 6.07) is 11.8. The Labute approximate surface area is 185 Å². The Kier molecular flexibility index (Phi) is 6.39. The highest BCUT2D eigenvalue weighted by Crippen LogP contribution is 2.29. The third-order valence-electron chi connectivity index (χ3n) is 6.17. The van der Waals surface area contributed by atoms with Crippen molar-refractivity contribution in [2.24, 2.45) is 0 Å². The number of nitrogens with one attached hydrogen (secondary N) is 1. The summed E-state index contributed by atoms with van der Waals surface area (Å²) in [6.45, 7) is 2.96. The van der Waals surface area contributed by atoms with Gasteiger partial charge in [0.05, 0.1) is 11.1 Å². The highest BCUT2D eigenvalue weighted by Gasteiger charge is 2.31. The average molecular weight is 445 g/mol. The molecule has 2 aromatic rings. The van der Waals surface area contributed by atoms with Crippen LogP contribution in [-0.2, 0) is 6.18 Å². The summed E-state index contributed by atoms with van der Waals surface area (Å²) in [5.74, 6) is -0.308. The topological polar surface area (TPSA) is 52.7 Å². The molecular formula is C24H26F3N3O2. The Bertz CT molecular complexity index is 961. The minimum atomic E-state index is -4.42. The Balaban J connectivity index is 1.36. The number of piperidine rings is 1. The van der Waals surface area contributed by atoms with Crippen molar-refractivity contribution in [1.29, 1.82) is 0 Å². The van der Waals surface area contributed by atoms with E-state index in [4.69, 9.17) is 0 Å². The molecule has 0 aliphatic carbocycles. The molecule has 5 nitrogen and oxygen atoms in total. The van der Waals surface area contributed by atoms with E-state index in [1.165, 1.54) is 12.1 Å². The number of carbonyl (C=O) groups is 2. The Hall–Kier alpha value is -3.03. The molecule has 8 heteroatoms. The number of amides is 2. The van der Waals surface area contributed by atoms with E-state index in [1.807, 2.05) is 29.2 Å². The van der Waals surface area contributed by atoms with Gasteiger partial charge < -0.3 is 15.1 Å². The maximum atomic E-state index is 12.9. The van der Waals surface area contributed by atoms with Crippen LogP contribution in [0.2, 0.25) is 0 Å². The quantitative estimate of drug-likeness (QED) is 0.762. The van der Waals surface area contributed by atoms with Crippen molar-refractivity contribution in [2.75, 3.05) is 31.1 Å². The summed E-state index contributed by atoms with van der Waals surface area (Å²) in [5, 5.41) is 2.93. The zero-order chi connectivity index (χ0) is 22.7. The second-order valence-corrected chi connectivity index (χ2v) is 8.33. The molecule has 2 aliphatic heterocycles. The number of hydrogen-bond acceptors (Lipinski definition) is 3. The highest BCUT2D eigenvalue weighted by atomic mass is 19.4. The second-order valence-electron chi connectivity index (χ2n) is 8.33. The zero-order valence-corrected chi connectivity index (χ0v) is 17.7. The summed E-state index contributed by atoms with van der Waals surface area (Å²) < 4.78 is 38.1. The first-order valence-corrected chi connectivity index (χ1v) is 10.9. The standard InChI is InChI=1S/C24H26F3N3O2/c25-24(26,27)18-9-7-17(8-10-18)22(31)28-19-11-15-29(16-12-19)21-6-2-1-5-20(21)23(32)30-13-3-4-14-30/h1-2,5-10,19H,3-4,11-16H2,(H,28,31). The maximum Gasteiger partial charge on any atom is 0.416 e. The van der Waals surface area contributed by atoms with E-state index in [1.54, 1.807) is 0 Å². The molecule has 170 valence electrons. The molecule has 0 unspecified atom stereocenters. The van der Waals surface area contributed by atoms with Crippen molar-refractivity contribution in [3.05, 3.63) is 65.2 Å². The van der Waals surface area contributed by atoms with Crippen LogP contribution in [0.3, 0.4) is 0 Å². The minimum Gasteiger partial charge on any atom is -0.371 e. The molecule has 0 spiro atoms. The molecule has 0 saturated carbocycles. The predicted molar refractivity (Wildman–Crippen MR) is 116 cm³/mol. The molecule has 0 atom stereocenters. The molecule has 0 radical (unpaired) electrons. The molecule has 2 aliphatic rings. The fraction of sp³-hybridized carbons (Fsp3) is 0.417. The number of carbonyl (C=O) groups excluding carboxylic acids is 2. The maximum absolute atomic E-state index is 12.9. The summed E-state index contributed by atoms with van der Waals surface area (Å²) in [4.78, 5) is 29.5. The van der Waals surface area contributed by atoms with Gasteiger partial charge in [0.2, 0.25) is 0 Å². The largest absolute Gasteiger partial charge is 0.416 e. The molecule has 1 N–H and O–H groups in total. The van der Waals surface area contributed by atoms with E-state index in [0.717, 1.165) is 43.8 Å². The minimum absolute atomic E-state index is 0.0656. The molecule has 0 bridgehead atoms. The van der Waals surface area contributed by atoms with Crippen LogP contribution < -0.4 is 10.2 Å². The van der Waals surface area contributed by atoms with Gasteiger partial charge in [-0.25, -0.2) is 0 Å². The SMILES string of the molecule is O=C(NC1CCN(c2ccccc2C(=O)N2CCCC2)CC1)c1ccc(C(F)(F)F)cc1. The third-order valence-corrected chi connectivity index (χ3v) is 6.17. The van der Waals surface area contributed by atoms with Crippen molar-refractivity contribution in [3.63, 3.8) is 0 Å². The molecule has 2 amide bonds. The average Bonchev–Trinajstić information content (AvgIpc) is 3.34. The molecule has 2 heterocycles. The molecule has 32 heavy (non-hydrogen) atoms. The third kappa shape index (κ3) is 4.89. The number of benzene rings is 2. The number of hydrogen-bond donors (Lipinski definition) is 1. The number of likely N-dealkylation sites (tertiary alicyclic amines) is 1. The fourth-order valence-electron chi connectivity index (χ4n) is 4.36.